The SMILES string of the molecule is CC(C)CCC[C@](C)(O)[C@H]1CC[C@H]2[C@@H]3CCC4C[C@@H](O)CC[C@]4(C)[C@H]3CC[C@@]21C. The summed E-state index contributed by atoms with van der Waals surface area (Å²) in [5.74, 6) is 4.49. The Bertz CT molecular complexity index is 583. The van der Waals surface area contributed by atoms with Crippen molar-refractivity contribution in [2.24, 2.45) is 46.3 Å². The van der Waals surface area contributed by atoms with Crippen molar-refractivity contribution in [3.05, 3.63) is 0 Å². The number of aliphatic hydroxyl groups excluding tert-OH is 1. The zero-order valence-electron chi connectivity index (χ0n) is 19.9. The van der Waals surface area contributed by atoms with Crippen molar-refractivity contribution < 1.29 is 10.2 Å². The van der Waals surface area contributed by atoms with Gasteiger partial charge in [0.25, 0.3) is 0 Å². The molecule has 4 rings (SSSR count). The molecule has 29 heavy (non-hydrogen) atoms. The van der Waals surface area contributed by atoms with Gasteiger partial charge in [0.15, 0.2) is 0 Å². The van der Waals surface area contributed by atoms with E-state index in [4.69, 9.17) is 0 Å². The molecule has 0 saturated heterocycles. The summed E-state index contributed by atoms with van der Waals surface area (Å²) < 4.78 is 0. The maximum absolute atomic E-state index is 11.6. The molecule has 0 spiro atoms. The molecule has 0 aromatic rings. The molecule has 9 atom stereocenters. The largest absolute Gasteiger partial charge is 0.393 e. The molecular weight excluding hydrogens is 356 g/mol. The molecule has 4 saturated carbocycles. The fourth-order valence-corrected chi connectivity index (χ4v) is 9.30. The van der Waals surface area contributed by atoms with Crippen molar-refractivity contribution in [1.82, 2.24) is 0 Å². The number of hydrogen-bond donors (Lipinski definition) is 2. The van der Waals surface area contributed by atoms with Gasteiger partial charge in [0.1, 0.15) is 0 Å². The standard InChI is InChI=1S/C27H48O2/c1-18(2)7-6-14-27(5,29)24-11-10-22-21-9-8-19-17-20(28)12-15-25(19,3)23(21)13-16-26(22,24)4/h18-24,28-29H,6-17H2,1-5H3/t19?,20-,21-,22-,23-,24-,25-,26-,27-/m0/s1. The van der Waals surface area contributed by atoms with Gasteiger partial charge in [0, 0.05) is 0 Å². The van der Waals surface area contributed by atoms with Gasteiger partial charge in [-0.05, 0) is 117 Å². The smallest absolute Gasteiger partial charge is 0.0653 e. The van der Waals surface area contributed by atoms with Crippen LogP contribution in [0.1, 0.15) is 112 Å². The van der Waals surface area contributed by atoms with Gasteiger partial charge in [0.05, 0.1) is 11.7 Å². The Morgan fingerprint density at radius 1 is 0.931 bits per heavy atom. The van der Waals surface area contributed by atoms with E-state index >= 15 is 0 Å². The molecular formula is C27H48O2. The molecule has 0 aromatic carbocycles. The van der Waals surface area contributed by atoms with Gasteiger partial charge < -0.3 is 10.2 Å². The molecule has 0 radical (unpaired) electrons. The summed E-state index contributed by atoms with van der Waals surface area (Å²) in [4.78, 5) is 0. The highest BCUT2D eigenvalue weighted by Crippen LogP contribution is 2.68. The van der Waals surface area contributed by atoms with E-state index in [-0.39, 0.29) is 6.10 Å². The van der Waals surface area contributed by atoms with Gasteiger partial charge in [-0.15, -0.1) is 0 Å². The van der Waals surface area contributed by atoms with Gasteiger partial charge in [0.2, 0.25) is 0 Å². The summed E-state index contributed by atoms with van der Waals surface area (Å²) in [7, 11) is 0. The summed E-state index contributed by atoms with van der Waals surface area (Å²) in [6.07, 6.45) is 14.6. The Balaban J connectivity index is 1.50. The predicted molar refractivity (Wildman–Crippen MR) is 121 cm³/mol. The molecule has 4 aliphatic rings. The van der Waals surface area contributed by atoms with Crippen LogP contribution in [0.5, 0.6) is 0 Å². The van der Waals surface area contributed by atoms with Crippen LogP contribution < -0.4 is 0 Å². The first-order chi connectivity index (χ1) is 13.6. The predicted octanol–water partition coefficient (Wildman–Crippen LogP) is 6.58. The zero-order valence-corrected chi connectivity index (χ0v) is 19.9. The topological polar surface area (TPSA) is 40.5 Å². The molecule has 1 unspecified atom stereocenters. The third kappa shape index (κ3) is 3.73. The minimum Gasteiger partial charge on any atom is -0.393 e. The summed E-state index contributed by atoms with van der Waals surface area (Å²) in [5, 5.41) is 21.8. The fourth-order valence-electron chi connectivity index (χ4n) is 9.30. The van der Waals surface area contributed by atoms with Crippen molar-refractivity contribution in [3.8, 4) is 0 Å². The second-order valence-corrected chi connectivity index (χ2v) is 12.9. The second-order valence-electron chi connectivity index (χ2n) is 12.9. The summed E-state index contributed by atoms with van der Waals surface area (Å²) in [6, 6.07) is 0. The Labute approximate surface area is 180 Å². The van der Waals surface area contributed by atoms with Crippen LogP contribution >= 0.6 is 0 Å². The van der Waals surface area contributed by atoms with Crippen molar-refractivity contribution in [2.45, 2.75) is 123 Å². The van der Waals surface area contributed by atoms with Crippen molar-refractivity contribution >= 4 is 0 Å². The number of fused-ring (bicyclic) bond motifs is 5. The minimum absolute atomic E-state index is 0.0460. The highest BCUT2D eigenvalue weighted by Gasteiger charge is 2.62. The van der Waals surface area contributed by atoms with Crippen molar-refractivity contribution in [1.29, 1.82) is 0 Å². The Morgan fingerprint density at radius 3 is 2.34 bits per heavy atom. The van der Waals surface area contributed by atoms with Crippen LogP contribution in [0.3, 0.4) is 0 Å². The quantitative estimate of drug-likeness (QED) is 0.543. The van der Waals surface area contributed by atoms with E-state index in [0.29, 0.717) is 16.7 Å². The molecule has 2 heteroatoms. The van der Waals surface area contributed by atoms with Crippen molar-refractivity contribution in [3.63, 3.8) is 0 Å². The lowest BCUT2D eigenvalue weighted by molar-refractivity contribution is -0.144. The van der Waals surface area contributed by atoms with E-state index in [1.54, 1.807) is 0 Å². The first-order valence-corrected chi connectivity index (χ1v) is 13.0. The van der Waals surface area contributed by atoms with Crippen LogP contribution in [0.15, 0.2) is 0 Å². The third-order valence-electron chi connectivity index (χ3n) is 10.9. The van der Waals surface area contributed by atoms with Crippen molar-refractivity contribution in [2.75, 3.05) is 0 Å². The molecule has 0 heterocycles. The van der Waals surface area contributed by atoms with Crippen LogP contribution in [-0.4, -0.2) is 21.9 Å². The number of hydrogen-bond acceptors (Lipinski definition) is 2. The number of aliphatic hydroxyl groups is 2. The molecule has 4 aliphatic carbocycles. The third-order valence-corrected chi connectivity index (χ3v) is 10.9. The molecule has 2 N–H and O–H groups in total. The fraction of sp³-hybridized carbons (Fsp3) is 1.00. The lowest BCUT2D eigenvalue weighted by Crippen LogP contribution is -2.55. The van der Waals surface area contributed by atoms with Crippen LogP contribution in [0.2, 0.25) is 0 Å². The molecule has 0 amide bonds. The lowest BCUT2D eigenvalue weighted by atomic mass is 9.44. The lowest BCUT2D eigenvalue weighted by Gasteiger charge is -2.61. The average molecular weight is 405 g/mol. The highest BCUT2D eigenvalue weighted by molar-refractivity contribution is 5.11. The monoisotopic (exact) mass is 404 g/mol. The maximum Gasteiger partial charge on any atom is 0.0653 e. The van der Waals surface area contributed by atoms with Gasteiger partial charge in [-0.1, -0.05) is 40.5 Å². The second kappa shape index (κ2) is 7.80. The van der Waals surface area contributed by atoms with Gasteiger partial charge in [-0.25, -0.2) is 0 Å². The van der Waals surface area contributed by atoms with Crippen LogP contribution in [-0.2, 0) is 0 Å². The molecule has 0 aliphatic heterocycles. The molecule has 4 fully saturated rings. The minimum atomic E-state index is -0.499. The van der Waals surface area contributed by atoms with Gasteiger partial charge >= 0.3 is 0 Å². The Morgan fingerprint density at radius 2 is 1.62 bits per heavy atom. The maximum atomic E-state index is 11.6. The average Bonchev–Trinajstić information content (AvgIpc) is 3.00. The van der Waals surface area contributed by atoms with E-state index in [2.05, 4.69) is 34.6 Å². The molecule has 2 nitrogen and oxygen atoms in total. The first kappa shape index (κ1) is 22.1. The van der Waals surface area contributed by atoms with Gasteiger partial charge in [-0.2, -0.15) is 0 Å². The highest BCUT2D eigenvalue weighted by atomic mass is 16.3. The van der Waals surface area contributed by atoms with Crippen LogP contribution in [0.25, 0.3) is 0 Å². The molecule has 168 valence electrons. The Kier molecular flexibility index (Phi) is 5.95. The van der Waals surface area contributed by atoms with E-state index in [1.807, 2.05) is 0 Å². The zero-order chi connectivity index (χ0) is 21.0. The summed E-state index contributed by atoms with van der Waals surface area (Å²) in [5.41, 5.74) is 0.294. The normalized spacial score (nSPS) is 49.2. The van der Waals surface area contributed by atoms with Gasteiger partial charge in [-0.3, -0.25) is 0 Å². The van der Waals surface area contributed by atoms with Crippen LogP contribution in [0.4, 0.5) is 0 Å². The molecule has 0 bridgehead atoms. The molecule has 0 aromatic heterocycles. The summed E-state index contributed by atoms with van der Waals surface area (Å²) >= 11 is 0. The first-order valence-electron chi connectivity index (χ1n) is 13.0. The van der Waals surface area contributed by atoms with E-state index < -0.39 is 5.60 Å². The van der Waals surface area contributed by atoms with E-state index in [9.17, 15) is 10.2 Å². The summed E-state index contributed by atoms with van der Waals surface area (Å²) in [6.45, 7) is 11.9. The van der Waals surface area contributed by atoms with Crippen LogP contribution in [0, 0.1) is 46.3 Å². The Hall–Kier alpha value is -0.0800. The number of rotatable bonds is 5. The van der Waals surface area contributed by atoms with E-state index in [0.717, 1.165) is 55.3 Å². The van der Waals surface area contributed by atoms with E-state index in [1.165, 1.54) is 51.4 Å².